The molecule has 0 aliphatic carbocycles. The molecule has 0 saturated heterocycles. The molecule has 0 spiro atoms. The number of methoxy groups -OCH3 is 1. The third-order valence-electron chi connectivity index (χ3n) is 4.99. The molecular weight excluding hydrogens is 536 g/mol. The zero-order chi connectivity index (χ0) is 24.2. The molecule has 0 radical (unpaired) electrons. The smallest absolute Gasteiger partial charge is 0.261 e. The van der Waals surface area contributed by atoms with Crippen LogP contribution in [0.2, 0.25) is 0 Å². The number of benzene rings is 3. The lowest BCUT2D eigenvalue weighted by Crippen LogP contribution is -2.34. The van der Waals surface area contributed by atoms with E-state index in [0.717, 1.165) is 27.4 Å². The summed E-state index contributed by atoms with van der Waals surface area (Å²) < 4.78 is 7.08. The Morgan fingerprint density at radius 1 is 1.15 bits per heavy atom. The first-order chi connectivity index (χ1) is 16.4. The van der Waals surface area contributed by atoms with Crippen LogP contribution in [0.15, 0.2) is 53.0 Å². The molecule has 0 bridgehead atoms. The highest BCUT2D eigenvalue weighted by atomic mass is 79.9. The molecule has 2 amide bonds. The van der Waals surface area contributed by atoms with Crippen molar-refractivity contribution in [2.45, 2.75) is 19.8 Å². The maximum atomic E-state index is 13.0. The number of nitrogens with zero attached hydrogens (tertiary/aromatic N) is 1. The Hall–Kier alpha value is -3.08. The molecular formula is C24H21BrN4O3S2. The van der Waals surface area contributed by atoms with E-state index in [2.05, 4.69) is 36.9 Å². The SMILES string of the molecule is CCCC(=O)Nc1nc2ccc(NC(=S)NC(=O)c3cc4ccccc4c(Br)c3OC)cc2s1. The summed E-state index contributed by atoms with van der Waals surface area (Å²) in [6.45, 7) is 1.95. The number of hydrogen-bond acceptors (Lipinski definition) is 6. The van der Waals surface area contributed by atoms with Gasteiger partial charge in [-0.15, -0.1) is 0 Å². The van der Waals surface area contributed by atoms with E-state index in [1.807, 2.05) is 49.4 Å². The Balaban J connectivity index is 1.49. The van der Waals surface area contributed by atoms with Crippen molar-refractivity contribution in [3.63, 3.8) is 0 Å². The number of carbonyl (C=O) groups is 2. The van der Waals surface area contributed by atoms with E-state index in [0.29, 0.717) is 33.0 Å². The lowest BCUT2D eigenvalue weighted by Gasteiger charge is -2.14. The molecule has 0 saturated carbocycles. The molecule has 3 aromatic carbocycles. The van der Waals surface area contributed by atoms with Crippen molar-refractivity contribution < 1.29 is 14.3 Å². The molecule has 4 aromatic rings. The van der Waals surface area contributed by atoms with E-state index >= 15 is 0 Å². The maximum absolute atomic E-state index is 13.0. The van der Waals surface area contributed by atoms with Crippen LogP contribution in [0.1, 0.15) is 30.1 Å². The van der Waals surface area contributed by atoms with Crippen LogP contribution in [0.5, 0.6) is 5.75 Å². The molecule has 0 fully saturated rings. The number of ether oxygens (including phenoxy) is 1. The number of rotatable bonds is 6. The van der Waals surface area contributed by atoms with Crippen LogP contribution in [-0.4, -0.2) is 29.0 Å². The summed E-state index contributed by atoms with van der Waals surface area (Å²) in [5.41, 5.74) is 1.82. The van der Waals surface area contributed by atoms with Crippen LogP contribution in [0.3, 0.4) is 0 Å². The zero-order valence-corrected chi connectivity index (χ0v) is 21.6. The number of thiocarbonyl (C=S) groups is 1. The minimum atomic E-state index is -0.388. The minimum Gasteiger partial charge on any atom is -0.495 e. The van der Waals surface area contributed by atoms with Crippen LogP contribution in [0.25, 0.3) is 21.0 Å². The predicted molar refractivity (Wildman–Crippen MR) is 145 cm³/mol. The number of halogens is 1. The van der Waals surface area contributed by atoms with Crippen molar-refractivity contribution in [2.75, 3.05) is 17.7 Å². The highest BCUT2D eigenvalue weighted by Crippen LogP contribution is 2.36. The van der Waals surface area contributed by atoms with E-state index in [9.17, 15) is 9.59 Å². The number of amides is 2. The molecule has 34 heavy (non-hydrogen) atoms. The van der Waals surface area contributed by atoms with Crippen molar-refractivity contribution in [3.8, 4) is 5.75 Å². The molecule has 174 valence electrons. The summed E-state index contributed by atoms with van der Waals surface area (Å²) in [6.07, 6.45) is 1.23. The predicted octanol–water partition coefficient (Wildman–Crippen LogP) is 6.09. The van der Waals surface area contributed by atoms with Gasteiger partial charge >= 0.3 is 0 Å². The Kier molecular flexibility index (Phi) is 7.40. The van der Waals surface area contributed by atoms with Gasteiger partial charge in [-0.2, -0.15) is 0 Å². The Bertz CT molecular complexity index is 1420. The van der Waals surface area contributed by atoms with Gasteiger partial charge in [0, 0.05) is 12.1 Å². The molecule has 0 atom stereocenters. The zero-order valence-electron chi connectivity index (χ0n) is 18.4. The van der Waals surface area contributed by atoms with Gasteiger partial charge in [-0.3, -0.25) is 14.9 Å². The fourth-order valence-corrected chi connectivity index (χ4v) is 5.32. The second-order valence-electron chi connectivity index (χ2n) is 7.40. The average molecular weight is 557 g/mol. The highest BCUT2D eigenvalue weighted by Gasteiger charge is 2.19. The lowest BCUT2D eigenvalue weighted by atomic mass is 10.1. The third-order valence-corrected chi connectivity index (χ3v) is 6.91. The topological polar surface area (TPSA) is 92.4 Å². The third kappa shape index (κ3) is 5.19. The Morgan fingerprint density at radius 3 is 2.71 bits per heavy atom. The second kappa shape index (κ2) is 10.5. The van der Waals surface area contributed by atoms with E-state index in [-0.39, 0.29) is 16.9 Å². The van der Waals surface area contributed by atoms with Gasteiger partial charge in [0.2, 0.25) is 5.91 Å². The number of hydrogen-bond donors (Lipinski definition) is 3. The van der Waals surface area contributed by atoms with Crippen molar-refractivity contribution in [1.82, 2.24) is 10.3 Å². The monoisotopic (exact) mass is 556 g/mol. The number of fused-ring (bicyclic) bond motifs is 2. The first-order valence-electron chi connectivity index (χ1n) is 10.5. The largest absolute Gasteiger partial charge is 0.495 e. The van der Waals surface area contributed by atoms with Gasteiger partial charge < -0.3 is 15.4 Å². The van der Waals surface area contributed by atoms with Crippen LogP contribution < -0.4 is 20.7 Å². The molecule has 0 aliphatic heterocycles. The van der Waals surface area contributed by atoms with Crippen LogP contribution in [0, 0.1) is 0 Å². The summed E-state index contributed by atoms with van der Waals surface area (Å²) in [7, 11) is 1.52. The summed E-state index contributed by atoms with van der Waals surface area (Å²) in [5.74, 6) is -0.0112. The quantitative estimate of drug-likeness (QED) is 0.249. The Labute approximate surface area is 214 Å². The van der Waals surface area contributed by atoms with E-state index in [4.69, 9.17) is 17.0 Å². The van der Waals surface area contributed by atoms with E-state index in [1.165, 1.54) is 18.4 Å². The molecule has 0 aliphatic rings. The fraction of sp³-hybridized carbons (Fsp3) is 0.167. The van der Waals surface area contributed by atoms with Gasteiger partial charge in [-0.1, -0.05) is 42.5 Å². The average Bonchev–Trinajstić information content (AvgIpc) is 3.20. The first kappa shape index (κ1) is 24.1. The standard InChI is InChI=1S/C24H21BrN4O3S2/c1-3-6-19(30)28-24-27-17-10-9-14(12-18(17)34-24)26-23(33)29-22(31)16-11-13-7-4-5-8-15(13)20(25)21(16)32-2/h4-5,7-12H,3,6H2,1-2H3,(H,27,28,30)(H2,26,29,31,33). The van der Waals surface area contributed by atoms with Crippen LogP contribution >= 0.6 is 39.5 Å². The number of nitrogens with one attached hydrogen (secondary N) is 3. The van der Waals surface area contributed by atoms with Gasteiger partial charge in [0.1, 0.15) is 5.75 Å². The lowest BCUT2D eigenvalue weighted by molar-refractivity contribution is -0.116. The van der Waals surface area contributed by atoms with Crippen LogP contribution in [-0.2, 0) is 4.79 Å². The van der Waals surface area contributed by atoms with Crippen LogP contribution in [0.4, 0.5) is 10.8 Å². The fourth-order valence-electron chi connectivity index (χ4n) is 3.45. The van der Waals surface area contributed by atoms with Gasteiger partial charge in [0.25, 0.3) is 5.91 Å². The molecule has 3 N–H and O–H groups in total. The van der Waals surface area contributed by atoms with Gasteiger partial charge in [0.15, 0.2) is 10.2 Å². The minimum absolute atomic E-state index is 0.0560. The molecule has 10 heteroatoms. The van der Waals surface area contributed by atoms with Crippen molar-refractivity contribution in [3.05, 3.63) is 58.6 Å². The summed E-state index contributed by atoms with van der Waals surface area (Å²) in [6, 6.07) is 15.0. The number of thiazole rings is 1. The molecule has 7 nitrogen and oxygen atoms in total. The van der Waals surface area contributed by atoms with E-state index in [1.54, 1.807) is 6.07 Å². The summed E-state index contributed by atoms with van der Waals surface area (Å²) >= 11 is 10.3. The molecule has 0 unspecified atom stereocenters. The van der Waals surface area contributed by atoms with Gasteiger partial charge in [-0.05, 0) is 69.6 Å². The van der Waals surface area contributed by atoms with Crippen molar-refractivity contribution in [2.24, 2.45) is 0 Å². The van der Waals surface area contributed by atoms with Crippen molar-refractivity contribution >= 4 is 88.2 Å². The van der Waals surface area contributed by atoms with Gasteiger partial charge in [0.05, 0.1) is 27.4 Å². The maximum Gasteiger partial charge on any atom is 0.261 e. The van der Waals surface area contributed by atoms with Gasteiger partial charge in [-0.25, -0.2) is 4.98 Å². The molecule has 4 rings (SSSR count). The summed E-state index contributed by atoms with van der Waals surface area (Å²) in [5, 5.41) is 11.1. The molecule has 1 heterocycles. The normalized spacial score (nSPS) is 10.8. The number of carbonyl (C=O) groups excluding carboxylic acids is 2. The van der Waals surface area contributed by atoms with Crippen molar-refractivity contribution in [1.29, 1.82) is 0 Å². The second-order valence-corrected chi connectivity index (χ2v) is 9.63. The summed E-state index contributed by atoms with van der Waals surface area (Å²) in [4.78, 5) is 29.3. The Morgan fingerprint density at radius 2 is 1.94 bits per heavy atom. The molecule has 1 aromatic heterocycles. The number of anilines is 2. The first-order valence-corrected chi connectivity index (χ1v) is 12.5. The highest BCUT2D eigenvalue weighted by molar-refractivity contribution is 9.10. The number of aromatic nitrogens is 1. The van der Waals surface area contributed by atoms with E-state index < -0.39 is 0 Å².